The first-order valence-electron chi connectivity index (χ1n) is 5.69. The molecule has 0 aliphatic rings. The van der Waals surface area contributed by atoms with Crippen molar-refractivity contribution < 1.29 is 0 Å². The largest absolute Gasteiger partial charge is 0.308 e. The third kappa shape index (κ3) is 3.59. The zero-order valence-corrected chi connectivity index (χ0v) is 10.7. The molecule has 1 aromatic heterocycles. The van der Waals surface area contributed by atoms with Gasteiger partial charge in [-0.3, -0.25) is 16.0 Å². The lowest BCUT2D eigenvalue weighted by Crippen LogP contribution is -2.44. The van der Waals surface area contributed by atoms with Crippen LogP contribution in [0.5, 0.6) is 0 Å². The zero-order chi connectivity index (χ0) is 12.1. The highest BCUT2D eigenvalue weighted by molar-refractivity contribution is 5.11. The molecule has 0 saturated heterocycles. The number of hydrogen-bond donors (Lipinski definition) is 2. The Balaban J connectivity index is 2.65. The predicted molar refractivity (Wildman–Crippen MR) is 66.0 cm³/mol. The Morgan fingerprint density at radius 1 is 1.56 bits per heavy atom. The summed E-state index contributed by atoms with van der Waals surface area (Å²) in [5, 5.41) is 4.43. The van der Waals surface area contributed by atoms with E-state index in [2.05, 4.69) is 28.4 Å². The van der Waals surface area contributed by atoms with Crippen molar-refractivity contribution in [3.05, 3.63) is 17.5 Å². The summed E-state index contributed by atoms with van der Waals surface area (Å²) < 4.78 is 1.94. The van der Waals surface area contributed by atoms with Gasteiger partial charge in [-0.1, -0.05) is 6.92 Å². The molecule has 16 heavy (non-hydrogen) atoms. The molecule has 0 aliphatic carbocycles. The lowest BCUT2D eigenvalue weighted by atomic mass is 10.1. The van der Waals surface area contributed by atoms with Crippen LogP contribution < -0.4 is 11.3 Å². The van der Waals surface area contributed by atoms with Crippen LogP contribution in [0.3, 0.4) is 0 Å². The standard InChI is InChI=1S/C11H23N5/c1-5-9-6-11(16(4)14-9)7-10(13-12)8-15(2)3/h6,10,13H,5,7-8,12H2,1-4H3. The van der Waals surface area contributed by atoms with Gasteiger partial charge in [0.2, 0.25) is 0 Å². The van der Waals surface area contributed by atoms with Crippen molar-refractivity contribution in [2.45, 2.75) is 25.8 Å². The second-order valence-electron chi connectivity index (χ2n) is 4.43. The van der Waals surface area contributed by atoms with Crippen LogP contribution in [0.15, 0.2) is 6.07 Å². The predicted octanol–water partition coefficient (Wildman–Crippen LogP) is -0.0815. The molecule has 0 spiro atoms. The zero-order valence-electron chi connectivity index (χ0n) is 10.7. The molecule has 1 rings (SSSR count). The number of hydrogen-bond acceptors (Lipinski definition) is 4. The van der Waals surface area contributed by atoms with Crippen molar-refractivity contribution in [1.29, 1.82) is 0 Å². The fourth-order valence-electron chi connectivity index (χ4n) is 1.80. The lowest BCUT2D eigenvalue weighted by Gasteiger charge is -2.19. The minimum atomic E-state index is 0.259. The summed E-state index contributed by atoms with van der Waals surface area (Å²) in [6, 6.07) is 2.41. The third-order valence-corrected chi connectivity index (χ3v) is 2.67. The third-order valence-electron chi connectivity index (χ3n) is 2.67. The molecule has 0 aliphatic heterocycles. The number of aryl methyl sites for hydroxylation is 2. The maximum atomic E-state index is 5.55. The minimum absolute atomic E-state index is 0.259. The van der Waals surface area contributed by atoms with Crippen molar-refractivity contribution in [2.75, 3.05) is 20.6 Å². The van der Waals surface area contributed by atoms with E-state index in [-0.39, 0.29) is 6.04 Å². The first-order valence-corrected chi connectivity index (χ1v) is 5.69. The van der Waals surface area contributed by atoms with E-state index in [0.717, 1.165) is 25.1 Å². The van der Waals surface area contributed by atoms with E-state index in [0.29, 0.717) is 0 Å². The summed E-state index contributed by atoms with van der Waals surface area (Å²) >= 11 is 0. The summed E-state index contributed by atoms with van der Waals surface area (Å²) in [5.74, 6) is 5.55. The summed E-state index contributed by atoms with van der Waals surface area (Å²) in [6.45, 7) is 3.04. The highest BCUT2D eigenvalue weighted by atomic mass is 15.3. The van der Waals surface area contributed by atoms with Gasteiger partial charge >= 0.3 is 0 Å². The van der Waals surface area contributed by atoms with Gasteiger partial charge in [0.25, 0.3) is 0 Å². The average Bonchev–Trinajstić information content (AvgIpc) is 2.58. The van der Waals surface area contributed by atoms with Crippen molar-refractivity contribution in [1.82, 2.24) is 20.1 Å². The van der Waals surface area contributed by atoms with E-state index >= 15 is 0 Å². The minimum Gasteiger partial charge on any atom is -0.308 e. The average molecular weight is 225 g/mol. The van der Waals surface area contributed by atoms with E-state index in [4.69, 9.17) is 5.84 Å². The molecular weight excluding hydrogens is 202 g/mol. The van der Waals surface area contributed by atoms with Crippen LogP contribution in [0.2, 0.25) is 0 Å². The van der Waals surface area contributed by atoms with Gasteiger partial charge in [-0.2, -0.15) is 5.10 Å². The van der Waals surface area contributed by atoms with Gasteiger partial charge in [-0.05, 0) is 26.6 Å². The van der Waals surface area contributed by atoms with E-state index < -0.39 is 0 Å². The molecule has 1 unspecified atom stereocenters. The van der Waals surface area contributed by atoms with Gasteiger partial charge in [-0.25, -0.2) is 0 Å². The Morgan fingerprint density at radius 3 is 2.69 bits per heavy atom. The highest BCUT2D eigenvalue weighted by Crippen LogP contribution is 2.07. The van der Waals surface area contributed by atoms with Gasteiger partial charge in [0.15, 0.2) is 0 Å². The van der Waals surface area contributed by atoms with Crippen molar-refractivity contribution >= 4 is 0 Å². The van der Waals surface area contributed by atoms with Gasteiger partial charge in [0.05, 0.1) is 5.69 Å². The summed E-state index contributed by atoms with van der Waals surface area (Å²) in [7, 11) is 6.08. The number of nitrogens with one attached hydrogen (secondary N) is 1. The van der Waals surface area contributed by atoms with E-state index in [9.17, 15) is 0 Å². The smallest absolute Gasteiger partial charge is 0.0624 e. The molecule has 5 nitrogen and oxygen atoms in total. The van der Waals surface area contributed by atoms with E-state index in [1.54, 1.807) is 0 Å². The Labute approximate surface area is 97.6 Å². The molecule has 0 fully saturated rings. The van der Waals surface area contributed by atoms with Crippen LogP contribution in [0, 0.1) is 0 Å². The molecule has 1 atom stereocenters. The van der Waals surface area contributed by atoms with Crippen molar-refractivity contribution in [2.24, 2.45) is 12.9 Å². The second-order valence-corrected chi connectivity index (χ2v) is 4.43. The highest BCUT2D eigenvalue weighted by Gasteiger charge is 2.12. The monoisotopic (exact) mass is 225 g/mol. The van der Waals surface area contributed by atoms with Crippen LogP contribution in [-0.2, 0) is 19.9 Å². The molecule has 0 saturated carbocycles. The first kappa shape index (κ1) is 13.2. The molecule has 0 bridgehead atoms. The normalized spacial score (nSPS) is 13.4. The summed E-state index contributed by atoms with van der Waals surface area (Å²) in [5.41, 5.74) is 5.21. The maximum absolute atomic E-state index is 5.55. The number of hydrazine groups is 1. The molecule has 5 heteroatoms. The molecular formula is C11H23N5. The summed E-state index contributed by atoms with van der Waals surface area (Å²) in [4.78, 5) is 2.13. The fourth-order valence-corrected chi connectivity index (χ4v) is 1.80. The maximum Gasteiger partial charge on any atom is 0.0624 e. The first-order chi connectivity index (χ1) is 7.56. The fraction of sp³-hybridized carbons (Fsp3) is 0.727. The number of aromatic nitrogens is 2. The SMILES string of the molecule is CCc1cc(CC(CN(C)C)NN)n(C)n1. The van der Waals surface area contributed by atoms with Crippen LogP contribution in [0.1, 0.15) is 18.3 Å². The molecule has 0 radical (unpaired) electrons. The second kappa shape index (κ2) is 5.98. The summed E-state index contributed by atoms with van der Waals surface area (Å²) in [6.07, 6.45) is 1.88. The van der Waals surface area contributed by atoms with Crippen LogP contribution in [0.4, 0.5) is 0 Å². The lowest BCUT2D eigenvalue weighted by molar-refractivity contribution is 0.335. The van der Waals surface area contributed by atoms with Crippen molar-refractivity contribution in [3.63, 3.8) is 0 Å². The molecule has 0 aromatic carbocycles. The Hall–Kier alpha value is -0.910. The molecule has 0 amide bonds. The van der Waals surface area contributed by atoms with E-state index in [1.807, 2.05) is 25.8 Å². The topological polar surface area (TPSA) is 59.1 Å². The van der Waals surface area contributed by atoms with E-state index in [1.165, 1.54) is 5.69 Å². The van der Waals surface area contributed by atoms with Crippen molar-refractivity contribution in [3.8, 4) is 0 Å². The van der Waals surface area contributed by atoms with Gasteiger partial charge in [-0.15, -0.1) is 0 Å². The number of nitrogens with zero attached hydrogens (tertiary/aromatic N) is 3. The number of rotatable bonds is 6. The Morgan fingerprint density at radius 2 is 2.25 bits per heavy atom. The van der Waals surface area contributed by atoms with Gasteiger partial charge in [0, 0.05) is 31.7 Å². The molecule has 1 heterocycles. The number of likely N-dealkylation sites (N-methyl/N-ethyl adjacent to an activating group) is 1. The molecule has 1 aromatic rings. The van der Waals surface area contributed by atoms with Gasteiger partial charge in [0.1, 0.15) is 0 Å². The number of nitrogens with two attached hydrogens (primary N) is 1. The Bertz CT molecular complexity index is 318. The van der Waals surface area contributed by atoms with Crippen LogP contribution >= 0.6 is 0 Å². The van der Waals surface area contributed by atoms with Crippen LogP contribution in [0.25, 0.3) is 0 Å². The van der Waals surface area contributed by atoms with Crippen LogP contribution in [-0.4, -0.2) is 41.4 Å². The Kier molecular flexibility index (Phi) is 4.92. The molecule has 92 valence electrons. The quantitative estimate of drug-likeness (QED) is 0.525. The molecule has 3 N–H and O–H groups in total. The van der Waals surface area contributed by atoms with Gasteiger partial charge < -0.3 is 4.90 Å².